The molecule has 0 aromatic heterocycles. The number of rotatable bonds is 5. The van der Waals surface area contributed by atoms with Gasteiger partial charge in [0, 0.05) is 29.2 Å². The molecule has 1 N–H and O–H groups in total. The van der Waals surface area contributed by atoms with Crippen LogP contribution in [0.4, 0.5) is 4.39 Å². The number of amides is 1. The highest BCUT2D eigenvalue weighted by atomic mass is 35.5. The first kappa shape index (κ1) is 21.4. The number of hydrogen-bond acceptors (Lipinski definition) is 5. The molecule has 0 spiro atoms. The van der Waals surface area contributed by atoms with Crippen LogP contribution in [0.5, 0.6) is 0 Å². The Hall–Kier alpha value is -2.33. The number of hydrogen-bond donors (Lipinski definition) is 1. The molecule has 1 amide bonds. The van der Waals surface area contributed by atoms with Gasteiger partial charge in [-0.25, -0.2) is 18.2 Å². The minimum Gasteiger partial charge on any atom is -0.379 e. The zero-order chi connectivity index (χ0) is 21.0. The Morgan fingerprint density at radius 2 is 1.93 bits per heavy atom. The molecule has 1 saturated heterocycles. The van der Waals surface area contributed by atoms with Gasteiger partial charge in [-0.15, -0.1) is 0 Å². The molecule has 1 aliphatic heterocycles. The van der Waals surface area contributed by atoms with Gasteiger partial charge in [-0.3, -0.25) is 4.79 Å². The van der Waals surface area contributed by atoms with E-state index in [1.807, 2.05) is 0 Å². The third-order valence-corrected chi connectivity index (χ3v) is 6.48. The minimum absolute atomic E-state index is 0.00800. The summed E-state index contributed by atoms with van der Waals surface area (Å²) in [6.45, 7) is 2.69. The molecule has 0 unspecified atom stereocenters. The monoisotopic (exact) mass is 439 g/mol. The minimum atomic E-state index is -3.73. The normalized spacial score (nSPS) is 15.9. The first-order valence-electron chi connectivity index (χ1n) is 8.77. The summed E-state index contributed by atoms with van der Waals surface area (Å²) >= 11 is 5.87. The van der Waals surface area contributed by atoms with Crippen LogP contribution in [-0.4, -0.2) is 50.6 Å². The van der Waals surface area contributed by atoms with Crippen molar-refractivity contribution in [3.05, 3.63) is 64.4 Å². The molecule has 2 aromatic rings. The summed E-state index contributed by atoms with van der Waals surface area (Å²) in [5.74, 6) is -1.14. The van der Waals surface area contributed by atoms with Crippen LogP contribution in [-0.2, 0) is 14.8 Å². The largest absolute Gasteiger partial charge is 0.379 e. The molecule has 1 aliphatic rings. The van der Waals surface area contributed by atoms with Crippen LogP contribution in [0, 0.1) is 5.82 Å². The molecule has 10 heteroatoms. The Kier molecular flexibility index (Phi) is 6.63. The van der Waals surface area contributed by atoms with E-state index in [1.165, 1.54) is 53.7 Å². The van der Waals surface area contributed by atoms with Crippen LogP contribution in [0.25, 0.3) is 0 Å². The standard InChI is InChI=1S/C19H19ClFN3O4S/c1-13(17-12-15(20)5-6-18(17)21)22-23-19(25)14-3-2-4-16(11-14)29(26,27)24-7-9-28-10-8-24/h2-6,11-12H,7-10H2,1H3,(H,23,25)/b22-13+. The van der Waals surface area contributed by atoms with E-state index < -0.39 is 21.7 Å². The Morgan fingerprint density at radius 3 is 2.66 bits per heavy atom. The van der Waals surface area contributed by atoms with Crippen molar-refractivity contribution in [1.82, 2.24) is 9.73 Å². The van der Waals surface area contributed by atoms with E-state index in [0.29, 0.717) is 18.2 Å². The predicted octanol–water partition coefficient (Wildman–Crippen LogP) is 2.65. The van der Waals surface area contributed by atoms with Crippen LogP contribution < -0.4 is 5.43 Å². The molecule has 1 fully saturated rings. The van der Waals surface area contributed by atoms with Crippen LogP contribution in [0.15, 0.2) is 52.5 Å². The molecule has 154 valence electrons. The van der Waals surface area contributed by atoms with E-state index in [2.05, 4.69) is 10.5 Å². The predicted molar refractivity (Wildman–Crippen MR) is 107 cm³/mol. The average Bonchev–Trinajstić information content (AvgIpc) is 2.74. The molecule has 7 nitrogen and oxygen atoms in total. The van der Waals surface area contributed by atoms with E-state index in [4.69, 9.17) is 16.3 Å². The van der Waals surface area contributed by atoms with Gasteiger partial charge in [0.15, 0.2) is 0 Å². The summed E-state index contributed by atoms with van der Waals surface area (Å²) < 4.78 is 45.9. The van der Waals surface area contributed by atoms with E-state index in [9.17, 15) is 17.6 Å². The summed E-state index contributed by atoms with van der Waals surface area (Å²) in [6.07, 6.45) is 0. The lowest BCUT2D eigenvalue weighted by Gasteiger charge is -2.26. The smallest absolute Gasteiger partial charge is 0.271 e. The lowest BCUT2D eigenvalue weighted by atomic mass is 10.1. The summed E-state index contributed by atoms with van der Waals surface area (Å²) in [5, 5.41) is 4.23. The van der Waals surface area contributed by atoms with Crippen molar-refractivity contribution in [2.45, 2.75) is 11.8 Å². The number of carbonyl (C=O) groups excluding carboxylic acids is 1. The van der Waals surface area contributed by atoms with E-state index in [0.717, 1.165) is 0 Å². The number of nitrogens with zero attached hydrogens (tertiary/aromatic N) is 2. The van der Waals surface area contributed by atoms with Crippen molar-refractivity contribution in [3.8, 4) is 0 Å². The van der Waals surface area contributed by atoms with Gasteiger partial charge in [-0.1, -0.05) is 17.7 Å². The molecule has 0 aliphatic carbocycles. The highest BCUT2D eigenvalue weighted by Gasteiger charge is 2.26. The fraction of sp³-hybridized carbons (Fsp3) is 0.263. The van der Waals surface area contributed by atoms with Crippen molar-refractivity contribution in [1.29, 1.82) is 0 Å². The first-order chi connectivity index (χ1) is 13.8. The third-order valence-electron chi connectivity index (χ3n) is 4.35. The lowest BCUT2D eigenvalue weighted by Crippen LogP contribution is -2.40. The Balaban J connectivity index is 1.78. The number of nitrogens with one attached hydrogen (secondary N) is 1. The molecule has 1 heterocycles. The quantitative estimate of drug-likeness (QED) is 0.573. The molecule has 0 atom stereocenters. The summed E-state index contributed by atoms with van der Waals surface area (Å²) in [6, 6.07) is 9.68. The lowest BCUT2D eigenvalue weighted by molar-refractivity contribution is 0.0730. The first-order valence-corrected chi connectivity index (χ1v) is 10.6. The number of ether oxygens (including phenoxy) is 1. The van der Waals surface area contributed by atoms with Gasteiger partial charge < -0.3 is 4.74 Å². The van der Waals surface area contributed by atoms with Gasteiger partial charge in [0.25, 0.3) is 5.91 Å². The van der Waals surface area contributed by atoms with Gasteiger partial charge in [0.2, 0.25) is 10.0 Å². The highest BCUT2D eigenvalue weighted by molar-refractivity contribution is 7.89. The molecule has 29 heavy (non-hydrogen) atoms. The van der Waals surface area contributed by atoms with E-state index in [1.54, 1.807) is 0 Å². The molecule has 0 bridgehead atoms. The summed E-state index contributed by atoms with van der Waals surface area (Å²) in [7, 11) is -3.73. The second-order valence-corrected chi connectivity index (χ2v) is 8.68. The van der Waals surface area contributed by atoms with Crippen LogP contribution in [0.1, 0.15) is 22.8 Å². The Morgan fingerprint density at radius 1 is 1.21 bits per heavy atom. The maximum atomic E-state index is 13.9. The number of hydrazone groups is 1. The second-order valence-electron chi connectivity index (χ2n) is 6.31. The van der Waals surface area contributed by atoms with Crippen molar-refractivity contribution >= 4 is 33.2 Å². The maximum Gasteiger partial charge on any atom is 0.271 e. The number of morpholine rings is 1. The second kappa shape index (κ2) is 9.00. The summed E-state index contributed by atoms with van der Waals surface area (Å²) in [5.41, 5.74) is 2.80. The van der Waals surface area contributed by atoms with E-state index in [-0.39, 0.29) is 34.8 Å². The SMILES string of the molecule is C/C(=N\NC(=O)c1cccc(S(=O)(=O)N2CCOCC2)c1)c1cc(Cl)ccc1F. The molecule has 2 aromatic carbocycles. The molecule has 0 radical (unpaired) electrons. The van der Waals surface area contributed by atoms with Gasteiger partial charge in [-0.2, -0.15) is 9.41 Å². The van der Waals surface area contributed by atoms with E-state index >= 15 is 0 Å². The fourth-order valence-corrected chi connectivity index (χ4v) is 4.39. The number of sulfonamides is 1. The Labute approximate surface area is 173 Å². The van der Waals surface area contributed by atoms with Crippen molar-refractivity contribution in [3.63, 3.8) is 0 Å². The topological polar surface area (TPSA) is 88.1 Å². The van der Waals surface area contributed by atoms with Gasteiger partial charge in [-0.05, 0) is 43.3 Å². The summed E-state index contributed by atoms with van der Waals surface area (Å²) in [4.78, 5) is 12.4. The zero-order valence-electron chi connectivity index (χ0n) is 15.6. The fourth-order valence-electron chi connectivity index (χ4n) is 2.77. The Bertz CT molecular complexity index is 1050. The number of carbonyl (C=O) groups is 1. The number of halogens is 2. The maximum absolute atomic E-state index is 13.9. The molecular formula is C19H19ClFN3O4S. The van der Waals surface area contributed by atoms with Crippen LogP contribution >= 0.6 is 11.6 Å². The van der Waals surface area contributed by atoms with Crippen LogP contribution in [0.2, 0.25) is 5.02 Å². The van der Waals surface area contributed by atoms with Crippen LogP contribution in [0.3, 0.4) is 0 Å². The highest BCUT2D eigenvalue weighted by Crippen LogP contribution is 2.19. The average molecular weight is 440 g/mol. The van der Waals surface area contributed by atoms with Gasteiger partial charge in [0.1, 0.15) is 5.82 Å². The number of benzene rings is 2. The molecular weight excluding hydrogens is 421 g/mol. The van der Waals surface area contributed by atoms with Crippen molar-refractivity contribution in [2.24, 2.45) is 5.10 Å². The van der Waals surface area contributed by atoms with Crippen molar-refractivity contribution in [2.75, 3.05) is 26.3 Å². The third kappa shape index (κ3) is 4.99. The molecule has 3 rings (SSSR count). The van der Waals surface area contributed by atoms with Crippen molar-refractivity contribution < 1.29 is 22.3 Å². The van der Waals surface area contributed by atoms with Gasteiger partial charge in [0.05, 0.1) is 23.8 Å². The zero-order valence-corrected chi connectivity index (χ0v) is 17.1. The molecule has 0 saturated carbocycles. The van der Waals surface area contributed by atoms with Gasteiger partial charge >= 0.3 is 0 Å².